The van der Waals surface area contributed by atoms with Crippen molar-refractivity contribution in [2.75, 3.05) is 33.4 Å². The first kappa shape index (κ1) is 16.2. The number of ether oxygens (including phenoxy) is 1. The lowest BCUT2D eigenvalue weighted by atomic mass is 10.0. The first-order valence-electron chi connectivity index (χ1n) is 7.58. The van der Waals surface area contributed by atoms with Crippen molar-refractivity contribution in [1.82, 2.24) is 10.2 Å². The Morgan fingerprint density at radius 3 is 2.71 bits per heavy atom. The summed E-state index contributed by atoms with van der Waals surface area (Å²) in [5.74, 6) is 0.352. The second-order valence-corrected chi connectivity index (χ2v) is 5.69. The van der Waals surface area contributed by atoms with Crippen LogP contribution in [0.1, 0.15) is 18.4 Å². The maximum atomic E-state index is 9.74. The van der Waals surface area contributed by atoms with E-state index in [2.05, 4.69) is 10.2 Å². The van der Waals surface area contributed by atoms with E-state index in [0.717, 1.165) is 31.5 Å². The Bertz CT molecular complexity index is 420. The number of rotatable bonds is 7. The van der Waals surface area contributed by atoms with E-state index in [1.54, 1.807) is 13.2 Å². The van der Waals surface area contributed by atoms with Gasteiger partial charge in [0.15, 0.2) is 0 Å². The van der Waals surface area contributed by atoms with Crippen molar-refractivity contribution in [2.45, 2.75) is 31.5 Å². The Morgan fingerprint density at radius 2 is 2.05 bits per heavy atom. The fourth-order valence-electron chi connectivity index (χ4n) is 2.78. The molecule has 0 saturated carbocycles. The van der Waals surface area contributed by atoms with Crippen LogP contribution in [0.3, 0.4) is 0 Å². The smallest absolute Gasteiger partial charge is 0.120 e. The molecule has 0 bridgehead atoms. The summed E-state index contributed by atoms with van der Waals surface area (Å²) in [6, 6.07) is 7.91. The number of methoxy groups -OCH3 is 1. The highest BCUT2D eigenvalue weighted by Crippen LogP contribution is 2.17. The van der Waals surface area contributed by atoms with Crippen molar-refractivity contribution in [3.05, 3.63) is 29.8 Å². The predicted octanol–water partition coefficient (Wildman–Crippen LogP) is 0.953. The lowest BCUT2D eigenvalue weighted by Gasteiger charge is -2.33. The minimum absolute atomic E-state index is 0.352. The predicted molar refractivity (Wildman–Crippen MR) is 82.3 cm³/mol. The Morgan fingerprint density at radius 1 is 1.33 bits per heavy atom. The first-order valence-corrected chi connectivity index (χ1v) is 7.58. The summed E-state index contributed by atoms with van der Waals surface area (Å²) in [6.07, 6.45) is 1.72. The molecule has 0 radical (unpaired) electrons. The van der Waals surface area contributed by atoms with Crippen molar-refractivity contribution >= 4 is 0 Å². The zero-order valence-electron chi connectivity index (χ0n) is 12.7. The number of phenolic OH excluding ortho intramolecular Hbond substituents is 1. The molecule has 3 N–H and O–H groups in total. The molecule has 5 nitrogen and oxygen atoms in total. The van der Waals surface area contributed by atoms with E-state index >= 15 is 0 Å². The summed E-state index contributed by atoms with van der Waals surface area (Å²) < 4.78 is 4.95. The number of phenols is 1. The van der Waals surface area contributed by atoms with E-state index in [-0.39, 0.29) is 0 Å². The van der Waals surface area contributed by atoms with Gasteiger partial charge in [-0.2, -0.15) is 0 Å². The zero-order chi connectivity index (χ0) is 15.1. The van der Waals surface area contributed by atoms with E-state index in [9.17, 15) is 10.2 Å². The van der Waals surface area contributed by atoms with Gasteiger partial charge in [0.25, 0.3) is 0 Å². The van der Waals surface area contributed by atoms with Gasteiger partial charge >= 0.3 is 0 Å². The van der Waals surface area contributed by atoms with Crippen LogP contribution in [0.2, 0.25) is 0 Å². The number of likely N-dealkylation sites (tertiary alicyclic amines) is 1. The van der Waals surface area contributed by atoms with Crippen LogP contribution in [0.5, 0.6) is 5.75 Å². The van der Waals surface area contributed by atoms with Crippen LogP contribution < -0.4 is 5.32 Å². The van der Waals surface area contributed by atoms with Crippen molar-refractivity contribution in [1.29, 1.82) is 0 Å². The molecule has 1 fully saturated rings. The third kappa shape index (κ3) is 5.28. The molecule has 0 aliphatic carbocycles. The molecule has 1 aliphatic heterocycles. The lowest BCUT2D eigenvalue weighted by Crippen LogP contribution is -2.45. The molecule has 5 heteroatoms. The number of aromatic hydroxyl groups is 1. The SMILES string of the molecule is COCC(O)CN1CCC(NCc2ccccc2O)CC1. The van der Waals surface area contributed by atoms with Crippen LogP contribution in [-0.2, 0) is 11.3 Å². The Kier molecular flexibility index (Phi) is 6.45. The number of nitrogens with one attached hydrogen (secondary N) is 1. The summed E-state index contributed by atoms with van der Waals surface area (Å²) in [5.41, 5.74) is 0.940. The summed E-state index contributed by atoms with van der Waals surface area (Å²) in [4.78, 5) is 2.28. The third-order valence-corrected chi connectivity index (χ3v) is 3.99. The topological polar surface area (TPSA) is 65.0 Å². The Labute approximate surface area is 126 Å². The average Bonchev–Trinajstić information content (AvgIpc) is 2.48. The molecule has 0 amide bonds. The molecule has 1 heterocycles. The molecule has 1 atom stereocenters. The highest BCUT2D eigenvalue weighted by atomic mass is 16.5. The molecule has 1 aromatic rings. The molecular weight excluding hydrogens is 268 g/mol. The van der Waals surface area contributed by atoms with Gasteiger partial charge in [0, 0.05) is 31.8 Å². The van der Waals surface area contributed by atoms with E-state index < -0.39 is 6.10 Å². The highest BCUT2D eigenvalue weighted by molar-refractivity contribution is 5.31. The maximum Gasteiger partial charge on any atom is 0.120 e. The number of para-hydroxylation sites is 1. The number of β-amino-alcohol motifs (C(OH)–C–C–N with tert-alkyl or cyclic N) is 1. The fourth-order valence-corrected chi connectivity index (χ4v) is 2.78. The van der Waals surface area contributed by atoms with Crippen molar-refractivity contribution in [2.24, 2.45) is 0 Å². The van der Waals surface area contributed by atoms with Crippen LogP contribution in [0.15, 0.2) is 24.3 Å². The standard InChI is InChI=1S/C16H26N2O3/c1-21-12-15(19)11-18-8-6-14(7-9-18)17-10-13-4-2-3-5-16(13)20/h2-5,14-15,17,19-20H,6-12H2,1H3. The highest BCUT2D eigenvalue weighted by Gasteiger charge is 2.20. The monoisotopic (exact) mass is 294 g/mol. The summed E-state index contributed by atoms with van der Waals surface area (Å²) in [5, 5.41) is 23.0. The van der Waals surface area contributed by atoms with Crippen LogP contribution >= 0.6 is 0 Å². The maximum absolute atomic E-state index is 9.74. The van der Waals surface area contributed by atoms with Crippen LogP contribution in [0.25, 0.3) is 0 Å². The van der Waals surface area contributed by atoms with Crippen molar-refractivity contribution in [3.63, 3.8) is 0 Å². The van der Waals surface area contributed by atoms with Gasteiger partial charge in [-0.1, -0.05) is 18.2 Å². The third-order valence-electron chi connectivity index (χ3n) is 3.99. The van der Waals surface area contributed by atoms with E-state index in [4.69, 9.17) is 4.74 Å². The van der Waals surface area contributed by atoms with E-state index in [1.165, 1.54) is 0 Å². The van der Waals surface area contributed by atoms with Gasteiger partial charge in [-0.25, -0.2) is 0 Å². The number of benzene rings is 1. The van der Waals surface area contributed by atoms with Crippen molar-refractivity contribution in [3.8, 4) is 5.75 Å². The van der Waals surface area contributed by atoms with Gasteiger partial charge in [0.05, 0.1) is 12.7 Å². The van der Waals surface area contributed by atoms with Gasteiger partial charge in [0.1, 0.15) is 5.75 Å². The number of nitrogens with zero attached hydrogens (tertiary/aromatic N) is 1. The largest absolute Gasteiger partial charge is 0.508 e. The Hall–Kier alpha value is -1.14. The van der Waals surface area contributed by atoms with Crippen molar-refractivity contribution < 1.29 is 14.9 Å². The number of aliphatic hydroxyl groups is 1. The molecule has 1 aliphatic rings. The van der Waals surface area contributed by atoms with Gasteiger partial charge in [-0.05, 0) is 32.0 Å². The minimum atomic E-state index is -0.402. The lowest BCUT2D eigenvalue weighted by molar-refractivity contribution is 0.0310. The summed E-state index contributed by atoms with van der Waals surface area (Å²) >= 11 is 0. The molecule has 0 spiro atoms. The summed E-state index contributed by atoms with van der Waals surface area (Å²) in [7, 11) is 1.61. The molecule has 1 unspecified atom stereocenters. The molecule has 1 aromatic carbocycles. The quantitative estimate of drug-likeness (QED) is 0.699. The average molecular weight is 294 g/mol. The van der Waals surface area contributed by atoms with Crippen LogP contribution in [0, 0.1) is 0 Å². The minimum Gasteiger partial charge on any atom is -0.508 e. The Balaban J connectivity index is 1.68. The van der Waals surface area contributed by atoms with Crippen LogP contribution in [0.4, 0.5) is 0 Å². The number of piperidine rings is 1. The fraction of sp³-hybridized carbons (Fsp3) is 0.625. The van der Waals surface area contributed by atoms with E-state index in [0.29, 0.717) is 31.5 Å². The molecule has 1 saturated heterocycles. The molecule has 0 aromatic heterocycles. The molecular formula is C16H26N2O3. The zero-order valence-corrected chi connectivity index (χ0v) is 12.7. The molecule has 21 heavy (non-hydrogen) atoms. The van der Waals surface area contributed by atoms with Gasteiger partial charge in [0.2, 0.25) is 0 Å². The first-order chi connectivity index (χ1) is 10.2. The van der Waals surface area contributed by atoms with Gasteiger partial charge < -0.3 is 25.2 Å². The number of aliphatic hydroxyl groups excluding tert-OH is 1. The normalized spacial score (nSPS) is 18.8. The number of hydrogen-bond donors (Lipinski definition) is 3. The molecule has 2 rings (SSSR count). The second-order valence-electron chi connectivity index (χ2n) is 5.69. The van der Waals surface area contributed by atoms with Gasteiger partial charge in [-0.15, -0.1) is 0 Å². The second kappa shape index (κ2) is 8.34. The number of hydrogen-bond acceptors (Lipinski definition) is 5. The van der Waals surface area contributed by atoms with Crippen LogP contribution in [-0.4, -0.2) is 60.6 Å². The molecule has 118 valence electrons. The van der Waals surface area contributed by atoms with E-state index in [1.807, 2.05) is 18.2 Å². The van der Waals surface area contributed by atoms with Gasteiger partial charge in [-0.3, -0.25) is 0 Å². The summed E-state index contributed by atoms with van der Waals surface area (Å²) in [6.45, 7) is 3.74.